The van der Waals surface area contributed by atoms with Crippen molar-refractivity contribution in [2.24, 2.45) is 0 Å². The molecule has 0 aliphatic rings. The van der Waals surface area contributed by atoms with Crippen molar-refractivity contribution in [1.82, 2.24) is 9.97 Å². The molecular weight excluding hydrogens is 242 g/mol. The molecule has 2 aromatic heterocycles. The lowest BCUT2D eigenvalue weighted by molar-refractivity contribution is -0.111. The van der Waals surface area contributed by atoms with Crippen LogP contribution in [-0.2, 0) is 4.79 Å². The van der Waals surface area contributed by atoms with Crippen LogP contribution < -0.4 is 5.32 Å². The summed E-state index contributed by atoms with van der Waals surface area (Å²) in [5.41, 5.74) is 0. The molecule has 2 heterocycles. The Balaban J connectivity index is 1.98. The maximum Gasteiger partial charge on any atom is 0.249 e. The van der Waals surface area contributed by atoms with E-state index in [2.05, 4.69) is 15.3 Å². The van der Waals surface area contributed by atoms with Gasteiger partial charge in [0.15, 0.2) is 5.82 Å². The highest BCUT2D eigenvalue weighted by Gasteiger charge is 2.00. The zero-order chi connectivity index (χ0) is 12.1. The van der Waals surface area contributed by atoms with Gasteiger partial charge in [-0.2, -0.15) is 0 Å². The highest BCUT2D eigenvalue weighted by Crippen LogP contribution is 2.07. The summed E-state index contributed by atoms with van der Waals surface area (Å²) in [5.74, 6) is 0.557. The van der Waals surface area contributed by atoms with E-state index in [9.17, 15) is 4.79 Å². The number of furan rings is 1. The van der Waals surface area contributed by atoms with Gasteiger partial charge in [-0.05, 0) is 18.2 Å². The second-order valence-corrected chi connectivity index (χ2v) is 3.45. The second kappa shape index (κ2) is 5.27. The van der Waals surface area contributed by atoms with Crippen LogP contribution in [0.2, 0.25) is 5.15 Å². The van der Waals surface area contributed by atoms with Crippen molar-refractivity contribution in [2.75, 3.05) is 5.32 Å². The van der Waals surface area contributed by atoms with Crippen molar-refractivity contribution >= 4 is 29.4 Å². The molecule has 0 bridgehead atoms. The van der Waals surface area contributed by atoms with Gasteiger partial charge in [-0.15, -0.1) is 0 Å². The summed E-state index contributed by atoms with van der Waals surface area (Å²) in [6, 6.07) is 3.48. The van der Waals surface area contributed by atoms with Gasteiger partial charge in [0.25, 0.3) is 0 Å². The number of nitrogens with zero attached hydrogens (tertiary/aromatic N) is 2. The van der Waals surface area contributed by atoms with E-state index in [1.165, 1.54) is 24.7 Å². The lowest BCUT2D eigenvalue weighted by Gasteiger charge is -1.99. The van der Waals surface area contributed by atoms with Gasteiger partial charge in [0, 0.05) is 6.08 Å². The molecule has 0 radical (unpaired) electrons. The minimum Gasteiger partial charge on any atom is -0.465 e. The summed E-state index contributed by atoms with van der Waals surface area (Å²) in [4.78, 5) is 19.1. The molecular formula is C11H8ClN3O2. The highest BCUT2D eigenvalue weighted by atomic mass is 35.5. The van der Waals surface area contributed by atoms with Crippen molar-refractivity contribution in [3.05, 3.63) is 47.8 Å². The first-order chi connectivity index (χ1) is 8.24. The first kappa shape index (κ1) is 11.3. The van der Waals surface area contributed by atoms with E-state index in [1.54, 1.807) is 18.2 Å². The smallest absolute Gasteiger partial charge is 0.249 e. The Morgan fingerprint density at radius 1 is 1.47 bits per heavy atom. The lowest BCUT2D eigenvalue weighted by atomic mass is 10.4. The van der Waals surface area contributed by atoms with Crippen molar-refractivity contribution in [3.8, 4) is 0 Å². The Bertz CT molecular complexity index is 537. The third kappa shape index (κ3) is 3.42. The Hall–Kier alpha value is -2.14. The van der Waals surface area contributed by atoms with E-state index in [1.807, 2.05) is 0 Å². The molecule has 1 N–H and O–H groups in total. The first-order valence-electron chi connectivity index (χ1n) is 4.74. The van der Waals surface area contributed by atoms with E-state index in [4.69, 9.17) is 16.0 Å². The molecule has 0 fully saturated rings. The predicted octanol–water partition coefficient (Wildman–Crippen LogP) is 2.37. The van der Waals surface area contributed by atoms with Crippen LogP contribution in [0.3, 0.4) is 0 Å². The number of aromatic nitrogens is 2. The molecule has 0 aromatic carbocycles. The van der Waals surface area contributed by atoms with Crippen molar-refractivity contribution in [3.63, 3.8) is 0 Å². The number of amides is 1. The normalized spacial score (nSPS) is 10.6. The van der Waals surface area contributed by atoms with Gasteiger partial charge in [0.05, 0.1) is 18.7 Å². The third-order valence-corrected chi connectivity index (χ3v) is 1.98. The third-order valence-electron chi connectivity index (χ3n) is 1.80. The largest absolute Gasteiger partial charge is 0.465 e. The van der Waals surface area contributed by atoms with E-state index >= 15 is 0 Å². The first-order valence-corrected chi connectivity index (χ1v) is 5.12. The summed E-state index contributed by atoms with van der Waals surface area (Å²) in [5, 5.41) is 2.74. The van der Waals surface area contributed by atoms with Gasteiger partial charge >= 0.3 is 0 Å². The fraction of sp³-hybridized carbons (Fsp3) is 0. The summed E-state index contributed by atoms with van der Waals surface area (Å²) in [6.07, 6.45) is 7.20. The average molecular weight is 250 g/mol. The Morgan fingerprint density at radius 3 is 3.06 bits per heavy atom. The molecule has 17 heavy (non-hydrogen) atoms. The number of hydrogen-bond donors (Lipinski definition) is 1. The second-order valence-electron chi connectivity index (χ2n) is 3.07. The molecule has 0 spiro atoms. The quantitative estimate of drug-likeness (QED) is 0.848. The van der Waals surface area contributed by atoms with Crippen LogP contribution in [0.1, 0.15) is 5.76 Å². The van der Waals surface area contributed by atoms with Crippen LogP contribution in [0.5, 0.6) is 0 Å². The van der Waals surface area contributed by atoms with Crippen LogP contribution in [0.25, 0.3) is 6.08 Å². The molecule has 6 heteroatoms. The van der Waals surface area contributed by atoms with E-state index in [0.29, 0.717) is 11.6 Å². The zero-order valence-electron chi connectivity index (χ0n) is 8.63. The highest BCUT2D eigenvalue weighted by molar-refractivity contribution is 6.29. The molecule has 2 rings (SSSR count). The number of halogens is 1. The molecule has 86 valence electrons. The fourth-order valence-electron chi connectivity index (χ4n) is 1.11. The molecule has 2 aromatic rings. The molecule has 0 unspecified atom stereocenters. The van der Waals surface area contributed by atoms with Crippen LogP contribution in [0, 0.1) is 0 Å². The predicted molar refractivity (Wildman–Crippen MR) is 63.4 cm³/mol. The molecule has 0 aliphatic heterocycles. The Labute approximate surface area is 102 Å². The van der Waals surface area contributed by atoms with Gasteiger partial charge in [-0.1, -0.05) is 11.6 Å². The number of carbonyl (C=O) groups is 1. The van der Waals surface area contributed by atoms with Gasteiger partial charge < -0.3 is 9.73 Å². The van der Waals surface area contributed by atoms with Gasteiger partial charge in [-0.25, -0.2) is 4.98 Å². The molecule has 0 saturated heterocycles. The van der Waals surface area contributed by atoms with Gasteiger partial charge in [0.2, 0.25) is 5.91 Å². The zero-order valence-corrected chi connectivity index (χ0v) is 9.39. The number of anilines is 1. The van der Waals surface area contributed by atoms with Gasteiger partial charge in [0.1, 0.15) is 10.9 Å². The fourth-order valence-corrected chi connectivity index (χ4v) is 1.26. The Morgan fingerprint density at radius 2 is 2.35 bits per heavy atom. The minimum atomic E-state index is -0.335. The average Bonchev–Trinajstić information content (AvgIpc) is 2.79. The SMILES string of the molecule is O=C(/C=C/c1ccco1)Nc1cncc(Cl)n1. The minimum absolute atomic E-state index is 0.220. The molecule has 0 aliphatic carbocycles. The summed E-state index contributed by atoms with van der Waals surface area (Å²) in [7, 11) is 0. The molecule has 1 amide bonds. The molecule has 5 nitrogen and oxygen atoms in total. The van der Waals surface area contributed by atoms with Gasteiger partial charge in [-0.3, -0.25) is 9.78 Å². The number of carbonyl (C=O) groups excluding carboxylic acids is 1. The standard InChI is InChI=1S/C11H8ClN3O2/c12-9-6-13-7-10(14-9)15-11(16)4-3-8-2-1-5-17-8/h1-7H,(H,14,15,16)/b4-3+. The Kier molecular flexibility index (Phi) is 3.52. The van der Waals surface area contributed by atoms with Crippen LogP contribution >= 0.6 is 11.6 Å². The van der Waals surface area contributed by atoms with Crippen molar-refractivity contribution in [1.29, 1.82) is 0 Å². The molecule has 0 atom stereocenters. The molecule has 0 saturated carbocycles. The van der Waals surface area contributed by atoms with Crippen LogP contribution in [-0.4, -0.2) is 15.9 Å². The van der Waals surface area contributed by atoms with E-state index < -0.39 is 0 Å². The maximum absolute atomic E-state index is 11.5. The maximum atomic E-state index is 11.5. The topological polar surface area (TPSA) is 68.0 Å². The van der Waals surface area contributed by atoms with Crippen LogP contribution in [0.15, 0.2) is 41.3 Å². The van der Waals surface area contributed by atoms with Crippen molar-refractivity contribution < 1.29 is 9.21 Å². The monoisotopic (exact) mass is 249 g/mol. The number of nitrogens with one attached hydrogen (secondary N) is 1. The number of hydrogen-bond acceptors (Lipinski definition) is 4. The van der Waals surface area contributed by atoms with Crippen molar-refractivity contribution in [2.45, 2.75) is 0 Å². The van der Waals surface area contributed by atoms with E-state index in [-0.39, 0.29) is 11.1 Å². The van der Waals surface area contributed by atoms with E-state index in [0.717, 1.165) is 0 Å². The summed E-state index contributed by atoms with van der Waals surface area (Å²) in [6.45, 7) is 0. The van der Waals surface area contributed by atoms with Crippen LogP contribution in [0.4, 0.5) is 5.82 Å². The number of rotatable bonds is 3. The summed E-state index contributed by atoms with van der Waals surface area (Å²) >= 11 is 5.63. The summed E-state index contributed by atoms with van der Waals surface area (Å²) < 4.78 is 5.04. The lowest BCUT2D eigenvalue weighted by Crippen LogP contribution is -2.09.